The Labute approximate surface area is 108 Å². The van der Waals surface area contributed by atoms with Crippen molar-refractivity contribution in [2.45, 2.75) is 12.8 Å². The fourth-order valence-electron chi connectivity index (χ4n) is 0.787. The molecular formula is C10H11Cl2NO4. The molecule has 5 nitrogen and oxygen atoms in total. The minimum absolute atomic E-state index is 0.0307. The first-order chi connectivity index (χ1) is 8.01. The second-order valence-corrected chi connectivity index (χ2v) is 3.20. The van der Waals surface area contributed by atoms with Gasteiger partial charge in [-0.15, -0.1) is 11.6 Å². The minimum Gasteiger partial charge on any atom is -0.477 e. The molecule has 0 amide bonds. The summed E-state index contributed by atoms with van der Waals surface area (Å²) in [5, 5.41) is 8.50. The smallest absolute Gasteiger partial charge is 0.403 e. The highest BCUT2D eigenvalue weighted by molar-refractivity contribution is 6.61. The van der Waals surface area contributed by atoms with Crippen molar-refractivity contribution in [1.29, 1.82) is 0 Å². The molecule has 17 heavy (non-hydrogen) atoms. The first kappa shape index (κ1) is 15.7. The molecule has 1 aromatic heterocycles. The van der Waals surface area contributed by atoms with Crippen LogP contribution in [-0.2, 0) is 10.6 Å². The number of carbonyl (C=O) groups is 2. The molecule has 0 unspecified atom stereocenters. The molecule has 0 bridgehead atoms. The first-order valence-electron chi connectivity index (χ1n) is 4.58. The van der Waals surface area contributed by atoms with Crippen LogP contribution in [0.5, 0.6) is 0 Å². The van der Waals surface area contributed by atoms with Crippen molar-refractivity contribution in [3.63, 3.8) is 0 Å². The van der Waals surface area contributed by atoms with Crippen LogP contribution < -0.4 is 0 Å². The summed E-state index contributed by atoms with van der Waals surface area (Å²) in [6.07, 6.45) is 0. The molecule has 0 aromatic carbocycles. The van der Waals surface area contributed by atoms with Crippen LogP contribution in [-0.4, -0.2) is 28.1 Å². The summed E-state index contributed by atoms with van der Waals surface area (Å²) in [7, 11) is 0. The number of alkyl halides is 1. The Kier molecular flexibility index (Phi) is 8.09. The normalized spacial score (nSPS) is 8.88. The lowest BCUT2D eigenvalue weighted by molar-refractivity contribution is 0.0690. The van der Waals surface area contributed by atoms with Gasteiger partial charge in [-0.05, 0) is 19.1 Å². The van der Waals surface area contributed by atoms with Gasteiger partial charge in [0.15, 0.2) is 0 Å². The van der Waals surface area contributed by atoms with Crippen molar-refractivity contribution >= 4 is 34.6 Å². The number of carboxylic acid groups (broad SMARTS) is 1. The van der Waals surface area contributed by atoms with E-state index in [2.05, 4.69) is 9.72 Å². The molecule has 0 fully saturated rings. The van der Waals surface area contributed by atoms with E-state index in [1.54, 1.807) is 19.1 Å². The number of halogens is 2. The van der Waals surface area contributed by atoms with Gasteiger partial charge in [-0.25, -0.2) is 14.6 Å². The van der Waals surface area contributed by atoms with E-state index < -0.39 is 11.4 Å². The van der Waals surface area contributed by atoms with Crippen molar-refractivity contribution in [3.8, 4) is 0 Å². The van der Waals surface area contributed by atoms with Crippen LogP contribution in [0, 0.1) is 0 Å². The number of hydrogen-bond donors (Lipinski definition) is 1. The van der Waals surface area contributed by atoms with Crippen LogP contribution in [0.3, 0.4) is 0 Å². The third kappa shape index (κ3) is 7.54. The molecule has 0 saturated carbocycles. The van der Waals surface area contributed by atoms with Crippen LogP contribution in [0.4, 0.5) is 4.79 Å². The number of carbonyl (C=O) groups excluding carboxylic acids is 1. The molecular weight excluding hydrogens is 269 g/mol. The highest BCUT2D eigenvalue weighted by Crippen LogP contribution is 2.01. The predicted molar refractivity (Wildman–Crippen MR) is 63.6 cm³/mol. The number of aromatic nitrogens is 1. The number of hydrogen-bond acceptors (Lipinski definition) is 4. The van der Waals surface area contributed by atoms with E-state index in [0.29, 0.717) is 12.3 Å². The number of rotatable bonds is 3. The number of pyridine rings is 1. The lowest BCUT2D eigenvalue weighted by Crippen LogP contribution is -2.01. The van der Waals surface area contributed by atoms with Crippen LogP contribution in [0.1, 0.15) is 23.1 Å². The van der Waals surface area contributed by atoms with E-state index in [1.165, 1.54) is 6.07 Å². The average molecular weight is 280 g/mol. The number of nitrogens with zero attached hydrogens (tertiary/aromatic N) is 1. The number of aromatic carboxylic acids is 1. The van der Waals surface area contributed by atoms with Gasteiger partial charge < -0.3 is 9.84 Å². The zero-order chi connectivity index (χ0) is 13.3. The van der Waals surface area contributed by atoms with Gasteiger partial charge in [0.25, 0.3) is 0 Å². The molecule has 0 aliphatic rings. The Balaban J connectivity index is 0.000000366. The summed E-state index contributed by atoms with van der Waals surface area (Å²) < 4.78 is 4.17. The summed E-state index contributed by atoms with van der Waals surface area (Å²) in [4.78, 5) is 23.7. The lowest BCUT2D eigenvalue weighted by atomic mass is 10.3. The molecule has 1 N–H and O–H groups in total. The van der Waals surface area contributed by atoms with Gasteiger partial charge in [-0.3, -0.25) is 0 Å². The van der Waals surface area contributed by atoms with E-state index in [0.717, 1.165) is 0 Å². The highest BCUT2D eigenvalue weighted by atomic mass is 35.5. The molecule has 0 aliphatic carbocycles. The minimum atomic E-state index is -1.03. The fourth-order valence-corrected chi connectivity index (χ4v) is 1.04. The van der Waals surface area contributed by atoms with Crippen LogP contribution in [0.2, 0.25) is 0 Å². The van der Waals surface area contributed by atoms with Gasteiger partial charge >= 0.3 is 11.4 Å². The van der Waals surface area contributed by atoms with Crippen molar-refractivity contribution in [1.82, 2.24) is 4.98 Å². The number of carboxylic acids is 1. The summed E-state index contributed by atoms with van der Waals surface area (Å²) in [5.41, 5.74) is -0.132. The molecule has 0 saturated heterocycles. The molecule has 94 valence electrons. The second kappa shape index (κ2) is 8.78. The van der Waals surface area contributed by atoms with Crippen molar-refractivity contribution < 1.29 is 19.4 Å². The van der Waals surface area contributed by atoms with Crippen LogP contribution in [0.15, 0.2) is 18.2 Å². The van der Waals surface area contributed by atoms with Crippen LogP contribution >= 0.6 is 23.2 Å². The zero-order valence-electron chi connectivity index (χ0n) is 9.02. The second-order valence-electron chi connectivity index (χ2n) is 2.62. The first-order valence-corrected chi connectivity index (χ1v) is 5.50. The van der Waals surface area contributed by atoms with Crippen molar-refractivity contribution in [2.24, 2.45) is 0 Å². The van der Waals surface area contributed by atoms with Gasteiger partial charge in [-0.2, -0.15) is 0 Å². The van der Waals surface area contributed by atoms with E-state index in [1.807, 2.05) is 0 Å². The van der Waals surface area contributed by atoms with E-state index >= 15 is 0 Å². The Bertz CT molecular complexity index is 384. The maximum atomic E-state index is 10.4. The highest BCUT2D eigenvalue weighted by Gasteiger charge is 2.03. The van der Waals surface area contributed by atoms with Crippen molar-refractivity contribution in [3.05, 3.63) is 29.6 Å². The molecule has 0 aliphatic heterocycles. The Morgan fingerprint density at radius 3 is 2.47 bits per heavy atom. The van der Waals surface area contributed by atoms with Gasteiger partial charge in [0.1, 0.15) is 5.69 Å². The van der Waals surface area contributed by atoms with Gasteiger partial charge in [0.05, 0.1) is 18.2 Å². The van der Waals surface area contributed by atoms with Gasteiger partial charge in [-0.1, -0.05) is 6.07 Å². The maximum Gasteiger partial charge on any atom is 0.403 e. The topological polar surface area (TPSA) is 76.5 Å². The maximum absolute atomic E-state index is 10.4. The van der Waals surface area contributed by atoms with Crippen molar-refractivity contribution in [2.75, 3.05) is 6.61 Å². The molecule has 0 atom stereocenters. The van der Waals surface area contributed by atoms with Gasteiger partial charge in [0, 0.05) is 11.6 Å². The molecule has 1 aromatic rings. The third-order valence-electron chi connectivity index (χ3n) is 1.42. The summed E-state index contributed by atoms with van der Waals surface area (Å²) >= 11 is 10.2. The summed E-state index contributed by atoms with van der Waals surface area (Å²) in [6.45, 7) is 2.04. The lowest BCUT2D eigenvalue weighted by Gasteiger charge is -1.95. The van der Waals surface area contributed by atoms with Crippen LogP contribution in [0.25, 0.3) is 0 Å². The largest absolute Gasteiger partial charge is 0.477 e. The fraction of sp³-hybridized carbons (Fsp3) is 0.300. The molecule has 0 spiro atoms. The monoisotopic (exact) mass is 279 g/mol. The summed E-state index contributed by atoms with van der Waals surface area (Å²) in [5.74, 6) is -0.793. The molecule has 0 radical (unpaired) electrons. The average Bonchev–Trinajstić information content (AvgIpc) is 2.29. The van der Waals surface area contributed by atoms with E-state index in [-0.39, 0.29) is 11.6 Å². The van der Waals surface area contributed by atoms with Gasteiger partial charge in [0.2, 0.25) is 0 Å². The molecule has 7 heteroatoms. The molecule has 1 rings (SSSR count). The zero-order valence-corrected chi connectivity index (χ0v) is 10.5. The van der Waals surface area contributed by atoms with E-state index in [4.69, 9.17) is 28.3 Å². The predicted octanol–water partition coefficient (Wildman–Crippen LogP) is 2.90. The number of ether oxygens (including phenoxy) is 1. The summed E-state index contributed by atoms with van der Waals surface area (Å²) in [6, 6.07) is 4.73. The molecule has 1 heterocycles. The Morgan fingerprint density at radius 1 is 1.47 bits per heavy atom. The Hall–Kier alpha value is -1.33. The third-order valence-corrected chi connectivity index (χ3v) is 1.80. The SMILES string of the molecule is CCOC(=O)Cl.O=C(O)c1cccc(CCl)n1. The van der Waals surface area contributed by atoms with E-state index in [9.17, 15) is 9.59 Å². The quantitative estimate of drug-likeness (QED) is 0.680. The standard InChI is InChI=1S/C7H6ClNO2.C3H5ClO2/c8-4-5-2-1-3-6(9-5)7(10)11;1-2-6-3(4)5/h1-3H,4H2,(H,10,11);2H2,1H3. The Morgan fingerprint density at radius 2 is 2.12 bits per heavy atom.